The van der Waals surface area contributed by atoms with Crippen LogP contribution in [0, 0.1) is 5.82 Å². The number of hydrogen-bond donors (Lipinski definition) is 2. The third-order valence-corrected chi connectivity index (χ3v) is 2.65. The van der Waals surface area contributed by atoms with Crippen LogP contribution < -0.4 is 16.0 Å². The number of fused-ring (bicyclic) bond motifs is 1. The molecule has 2 N–H and O–H groups in total. The molecule has 17 heavy (non-hydrogen) atoms. The lowest BCUT2D eigenvalue weighted by Crippen LogP contribution is -2.37. The molecule has 6 nitrogen and oxygen atoms in total. The molecule has 2 aliphatic heterocycles. The van der Waals surface area contributed by atoms with E-state index in [1.54, 1.807) is 5.01 Å². The monoisotopic (exact) mass is 234 g/mol. The van der Waals surface area contributed by atoms with Crippen molar-refractivity contribution in [2.24, 2.45) is 4.99 Å². The van der Waals surface area contributed by atoms with Crippen LogP contribution in [-0.2, 0) is 0 Å². The molecule has 1 unspecified atom stereocenters. The fraction of sp³-hybridized carbons (Fsp3) is 0.300. The normalized spacial score (nSPS) is 23.2. The Morgan fingerprint density at radius 1 is 1.41 bits per heavy atom. The summed E-state index contributed by atoms with van der Waals surface area (Å²) in [5.74, 6) is -0.0461. The second-order valence-electron chi connectivity index (χ2n) is 3.90. The second kappa shape index (κ2) is 3.86. The lowest BCUT2D eigenvalue weighted by Gasteiger charge is -2.19. The maximum atomic E-state index is 12.8. The Hall–Kier alpha value is -1.86. The molecule has 0 bridgehead atoms. The number of nitrogens with one attached hydrogen (secondary N) is 2. The fourth-order valence-corrected chi connectivity index (χ4v) is 1.82. The minimum absolute atomic E-state index is 0.104. The molecule has 88 valence electrons. The van der Waals surface area contributed by atoms with Gasteiger partial charge in [0.15, 0.2) is 5.82 Å². The van der Waals surface area contributed by atoms with Gasteiger partial charge in [0.05, 0.1) is 30.7 Å². The van der Waals surface area contributed by atoms with Gasteiger partial charge in [-0.3, -0.25) is 4.99 Å². The van der Waals surface area contributed by atoms with E-state index < -0.39 is 5.82 Å². The van der Waals surface area contributed by atoms with E-state index in [4.69, 9.17) is 0 Å². The first-order valence-corrected chi connectivity index (χ1v) is 5.25. The van der Waals surface area contributed by atoms with Crippen molar-refractivity contribution in [1.29, 1.82) is 0 Å². The van der Waals surface area contributed by atoms with Crippen molar-refractivity contribution in [3.8, 4) is 0 Å². The Labute approximate surface area is 97.2 Å². The zero-order chi connectivity index (χ0) is 11.8. The summed E-state index contributed by atoms with van der Waals surface area (Å²) in [4.78, 5) is 12.2. The van der Waals surface area contributed by atoms with Gasteiger partial charge in [-0.05, 0) is 13.0 Å². The highest BCUT2D eigenvalue weighted by atomic mass is 19.1. The van der Waals surface area contributed by atoms with E-state index in [0.29, 0.717) is 12.5 Å². The average Bonchev–Trinajstić information content (AvgIpc) is 2.73. The zero-order valence-electron chi connectivity index (χ0n) is 9.18. The molecular weight excluding hydrogens is 223 g/mol. The number of nitrogens with zero attached hydrogens (tertiary/aromatic N) is 4. The Balaban J connectivity index is 1.94. The summed E-state index contributed by atoms with van der Waals surface area (Å²) < 4.78 is 12.8. The number of allylic oxidation sites excluding steroid dienone is 1. The lowest BCUT2D eigenvalue weighted by atomic mass is 10.1. The van der Waals surface area contributed by atoms with Crippen LogP contribution in [0.3, 0.4) is 0 Å². The van der Waals surface area contributed by atoms with Crippen molar-refractivity contribution in [2.45, 2.75) is 13.0 Å². The van der Waals surface area contributed by atoms with Crippen molar-refractivity contribution < 1.29 is 4.39 Å². The number of aliphatic imine (C=N–C) groups is 1. The van der Waals surface area contributed by atoms with E-state index in [0.717, 1.165) is 23.8 Å². The fourth-order valence-electron chi connectivity index (χ4n) is 1.82. The molecule has 1 aromatic heterocycles. The van der Waals surface area contributed by atoms with Gasteiger partial charge in [0.2, 0.25) is 5.95 Å². The van der Waals surface area contributed by atoms with Gasteiger partial charge in [0.25, 0.3) is 0 Å². The molecule has 3 heterocycles. The van der Waals surface area contributed by atoms with Crippen LogP contribution in [0.5, 0.6) is 0 Å². The van der Waals surface area contributed by atoms with E-state index in [9.17, 15) is 4.39 Å². The third kappa shape index (κ3) is 1.79. The quantitative estimate of drug-likeness (QED) is 0.725. The van der Waals surface area contributed by atoms with Gasteiger partial charge in [-0.1, -0.05) is 0 Å². The van der Waals surface area contributed by atoms with E-state index in [2.05, 4.69) is 25.9 Å². The third-order valence-electron chi connectivity index (χ3n) is 2.65. The van der Waals surface area contributed by atoms with Crippen molar-refractivity contribution in [1.82, 2.24) is 20.9 Å². The van der Waals surface area contributed by atoms with Gasteiger partial charge in [0, 0.05) is 5.71 Å². The summed E-state index contributed by atoms with van der Waals surface area (Å²) in [6.07, 6.45) is 4.23. The number of hydrazine groups is 2. The Morgan fingerprint density at radius 2 is 2.18 bits per heavy atom. The molecule has 1 saturated heterocycles. The largest absolute Gasteiger partial charge is 0.288 e. The number of aromatic nitrogens is 2. The smallest absolute Gasteiger partial charge is 0.245 e. The molecular formula is C10H11FN6. The van der Waals surface area contributed by atoms with Crippen molar-refractivity contribution in [2.75, 3.05) is 11.6 Å². The minimum Gasteiger partial charge on any atom is -0.288 e. The molecule has 1 aromatic rings. The molecule has 2 aliphatic rings. The number of dihydropyridines is 1. The van der Waals surface area contributed by atoms with Crippen molar-refractivity contribution in [3.05, 3.63) is 30.0 Å². The van der Waals surface area contributed by atoms with Crippen LogP contribution in [0.15, 0.2) is 29.2 Å². The molecule has 0 radical (unpaired) electrons. The van der Waals surface area contributed by atoms with Crippen LogP contribution in [0.2, 0.25) is 0 Å². The van der Waals surface area contributed by atoms with Gasteiger partial charge in [-0.15, -0.1) is 0 Å². The Bertz CT molecular complexity index is 494. The molecule has 7 heteroatoms. The van der Waals surface area contributed by atoms with Crippen LogP contribution in [-0.4, -0.2) is 28.3 Å². The minimum atomic E-state index is -0.451. The van der Waals surface area contributed by atoms with Crippen LogP contribution in [0.4, 0.5) is 10.3 Å². The second-order valence-corrected chi connectivity index (χ2v) is 3.90. The summed E-state index contributed by atoms with van der Waals surface area (Å²) >= 11 is 0. The number of anilines is 1. The topological polar surface area (TPSA) is 65.4 Å². The molecule has 1 fully saturated rings. The van der Waals surface area contributed by atoms with E-state index in [1.807, 2.05) is 13.0 Å². The van der Waals surface area contributed by atoms with Gasteiger partial charge < -0.3 is 0 Å². The first-order chi connectivity index (χ1) is 8.24. The highest BCUT2D eigenvalue weighted by Gasteiger charge is 2.31. The van der Waals surface area contributed by atoms with Gasteiger partial charge in [-0.25, -0.2) is 24.8 Å². The van der Waals surface area contributed by atoms with Crippen molar-refractivity contribution >= 4 is 11.7 Å². The van der Waals surface area contributed by atoms with Crippen LogP contribution in [0.25, 0.3) is 0 Å². The molecule has 0 saturated carbocycles. The Kier molecular flexibility index (Phi) is 2.34. The number of halogens is 1. The Morgan fingerprint density at radius 3 is 2.94 bits per heavy atom. The summed E-state index contributed by atoms with van der Waals surface area (Å²) in [5.41, 5.74) is 7.96. The zero-order valence-corrected chi connectivity index (χ0v) is 9.18. The lowest BCUT2D eigenvalue weighted by molar-refractivity contribution is 0.566. The summed E-state index contributed by atoms with van der Waals surface area (Å²) in [5, 5.41) is 1.70. The van der Waals surface area contributed by atoms with Crippen LogP contribution in [0.1, 0.15) is 6.92 Å². The SMILES string of the molecule is CC1=NCC2NNN(c3ncc(F)cn3)C2=C1. The maximum absolute atomic E-state index is 12.8. The molecule has 0 aliphatic carbocycles. The molecule has 0 aromatic carbocycles. The highest BCUT2D eigenvalue weighted by molar-refractivity contribution is 5.95. The first kappa shape index (κ1) is 10.3. The summed E-state index contributed by atoms with van der Waals surface area (Å²) in [6.45, 7) is 2.60. The maximum Gasteiger partial charge on any atom is 0.245 e. The van der Waals surface area contributed by atoms with Crippen molar-refractivity contribution in [3.63, 3.8) is 0 Å². The standard InChI is InChI=1S/C10H11FN6/c1-6-2-9-8(5-12-6)15-16-17(9)10-13-3-7(11)4-14-10/h2-4,8,15-16H,5H2,1H3. The molecule has 1 atom stereocenters. The molecule has 0 spiro atoms. The average molecular weight is 234 g/mol. The van der Waals surface area contributed by atoms with Gasteiger partial charge in [0.1, 0.15) is 0 Å². The van der Waals surface area contributed by atoms with E-state index in [1.165, 1.54) is 0 Å². The highest BCUT2D eigenvalue weighted by Crippen LogP contribution is 2.21. The van der Waals surface area contributed by atoms with Crippen LogP contribution >= 0.6 is 0 Å². The van der Waals surface area contributed by atoms with E-state index >= 15 is 0 Å². The predicted octanol–water partition coefficient (Wildman–Crippen LogP) is 0.172. The molecule has 3 rings (SSSR count). The summed E-state index contributed by atoms with van der Waals surface area (Å²) in [6, 6.07) is 0.104. The summed E-state index contributed by atoms with van der Waals surface area (Å²) in [7, 11) is 0. The number of rotatable bonds is 1. The first-order valence-electron chi connectivity index (χ1n) is 5.25. The number of hydrogen-bond acceptors (Lipinski definition) is 6. The van der Waals surface area contributed by atoms with Gasteiger partial charge in [-0.2, -0.15) is 5.53 Å². The van der Waals surface area contributed by atoms with Gasteiger partial charge >= 0.3 is 0 Å². The predicted molar refractivity (Wildman–Crippen MR) is 60.6 cm³/mol. The van der Waals surface area contributed by atoms with E-state index in [-0.39, 0.29) is 6.04 Å². The molecule has 0 amide bonds.